The maximum Gasteiger partial charge on any atom is 0.295 e. The van der Waals surface area contributed by atoms with Crippen LogP contribution in [0.1, 0.15) is 74.2 Å². The minimum absolute atomic E-state index is 0.0637. The molecule has 0 bridgehead atoms. The largest absolute Gasteiger partial charge is 0.507 e. The Labute approximate surface area is 201 Å². The van der Waals surface area contributed by atoms with Gasteiger partial charge in [0.05, 0.1) is 29.3 Å². The lowest BCUT2D eigenvalue weighted by Gasteiger charge is -2.26. The first kappa shape index (κ1) is 24.8. The topological polar surface area (TPSA) is 66.8 Å². The Morgan fingerprint density at radius 3 is 2.39 bits per heavy atom. The van der Waals surface area contributed by atoms with Gasteiger partial charge in [-0.3, -0.25) is 9.59 Å². The molecule has 1 aliphatic heterocycles. The van der Waals surface area contributed by atoms with E-state index in [-0.39, 0.29) is 17.1 Å². The number of rotatable bonds is 8. The highest BCUT2D eigenvalue weighted by Gasteiger charge is 2.46. The van der Waals surface area contributed by atoms with E-state index in [4.69, 9.17) is 16.3 Å². The first-order valence-electron chi connectivity index (χ1n) is 11.4. The molecule has 0 radical (unpaired) electrons. The fraction of sp³-hybridized carbons (Fsp3) is 0.407. The molecular weight excluding hydrogens is 438 g/mol. The van der Waals surface area contributed by atoms with Crippen molar-refractivity contribution in [2.24, 2.45) is 0 Å². The number of benzene rings is 2. The molecule has 1 unspecified atom stereocenters. The Bertz CT molecular complexity index is 1070. The number of carbonyl (C=O) groups excluding carboxylic acids is 2. The van der Waals surface area contributed by atoms with E-state index in [1.807, 2.05) is 31.2 Å². The molecule has 1 fully saturated rings. The number of hydrogen-bond donors (Lipinski definition) is 1. The smallest absolute Gasteiger partial charge is 0.295 e. The molecule has 1 saturated heterocycles. The van der Waals surface area contributed by atoms with Crippen LogP contribution in [0.25, 0.3) is 5.76 Å². The molecule has 176 valence electrons. The predicted octanol–water partition coefficient (Wildman–Crippen LogP) is 6.39. The van der Waals surface area contributed by atoms with Crippen LogP contribution < -0.4 is 4.74 Å². The standard InChI is InChI=1S/C27H32ClNO4/c1-6-7-8-13-29-23(19-11-9-18(10-12-19)16(2)3)22(25(31)27(29)32)24(30)20-14-17(4)15-21(28)26(20)33-5/h9-12,14-16,23,30H,6-8,13H2,1-5H3/b24-22+. The van der Waals surface area contributed by atoms with Crippen LogP contribution in [0.2, 0.25) is 5.02 Å². The number of unbranched alkanes of at least 4 members (excludes halogenated alkanes) is 2. The Morgan fingerprint density at radius 2 is 1.82 bits per heavy atom. The van der Waals surface area contributed by atoms with Crippen LogP contribution in [-0.2, 0) is 9.59 Å². The highest BCUT2D eigenvalue weighted by molar-refractivity contribution is 6.46. The second-order valence-electron chi connectivity index (χ2n) is 8.85. The van der Waals surface area contributed by atoms with E-state index in [1.54, 1.807) is 17.0 Å². The van der Waals surface area contributed by atoms with Crippen LogP contribution in [-0.4, -0.2) is 35.4 Å². The summed E-state index contributed by atoms with van der Waals surface area (Å²) in [7, 11) is 1.46. The molecule has 0 aliphatic carbocycles. The monoisotopic (exact) mass is 469 g/mol. The molecule has 0 aromatic heterocycles. The molecule has 6 heteroatoms. The quantitative estimate of drug-likeness (QED) is 0.210. The molecule has 1 aliphatic rings. The van der Waals surface area contributed by atoms with Gasteiger partial charge in [0.2, 0.25) is 0 Å². The zero-order valence-corrected chi connectivity index (χ0v) is 20.7. The lowest BCUT2D eigenvalue weighted by molar-refractivity contribution is -0.139. The van der Waals surface area contributed by atoms with E-state index in [9.17, 15) is 14.7 Å². The van der Waals surface area contributed by atoms with Crippen molar-refractivity contribution >= 4 is 29.1 Å². The van der Waals surface area contributed by atoms with Gasteiger partial charge >= 0.3 is 0 Å². The van der Waals surface area contributed by atoms with E-state index >= 15 is 0 Å². The summed E-state index contributed by atoms with van der Waals surface area (Å²) >= 11 is 6.34. The van der Waals surface area contributed by atoms with Crippen molar-refractivity contribution < 1.29 is 19.4 Å². The number of aliphatic hydroxyl groups excluding tert-OH is 1. The van der Waals surface area contributed by atoms with E-state index in [1.165, 1.54) is 7.11 Å². The summed E-state index contributed by atoms with van der Waals surface area (Å²) in [6, 6.07) is 10.7. The lowest BCUT2D eigenvalue weighted by atomic mass is 9.92. The van der Waals surface area contributed by atoms with Gasteiger partial charge in [0.15, 0.2) is 0 Å². The number of amides is 1. The summed E-state index contributed by atoms with van der Waals surface area (Å²) < 4.78 is 5.43. The molecule has 33 heavy (non-hydrogen) atoms. The number of carbonyl (C=O) groups is 2. The van der Waals surface area contributed by atoms with Gasteiger partial charge < -0.3 is 14.7 Å². The van der Waals surface area contributed by atoms with Crippen LogP contribution in [0.5, 0.6) is 5.75 Å². The first-order chi connectivity index (χ1) is 15.7. The summed E-state index contributed by atoms with van der Waals surface area (Å²) in [6.07, 6.45) is 2.73. The zero-order chi connectivity index (χ0) is 24.3. The number of hydrogen-bond acceptors (Lipinski definition) is 4. The number of ether oxygens (including phenoxy) is 1. The van der Waals surface area contributed by atoms with Crippen molar-refractivity contribution in [3.8, 4) is 5.75 Å². The van der Waals surface area contributed by atoms with Gasteiger partial charge in [0.1, 0.15) is 11.5 Å². The SMILES string of the molecule is CCCCCN1C(=O)C(=O)/C(=C(/O)c2cc(C)cc(Cl)c2OC)C1c1ccc(C(C)C)cc1. The summed E-state index contributed by atoms with van der Waals surface area (Å²) in [4.78, 5) is 27.9. The number of Topliss-reactive ketones (excluding diaryl/α,β-unsaturated/α-hetero) is 1. The third kappa shape index (κ3) is 4.93. The Balaban J connectivity index is 2.20. The van der Waals surface area contributed by atoms with Crippen LogP contribution >= 0.6 is 11.6 Å². The number of halogens is 1. The number of nitrogens with zero attached hydrogens (tertiary/aromatic N) is 1. The maximum atomic E-state index is 13.2. The third-order valence-electron chi connectivity index (χ3n) is 6.11. The molecule has 1 atom stereocenters. The Morgan fingerprint density at radius 1 is 1.15 bits per heavy atom. The van der Waals surface area contributed by atoms with Gasteiger partial charge in [-0.15, -0.1) is 0 Å². The van der Waals surface area contributed by atoms with Gasteiger partial charge in [-0.2, -0.15) is 0 Å². The van der Waals surface area contributed by atoms with Crippen molar-refractivity contribution in [2.45, 2.75) is 58.9 Å². The van der Waals surface area contributed by atoms with Crippen molar-refractivity contribution in [1.82, 2.24) is 4.90 Å². The molecule has 5 nitrogen and oxygen atoms in total. The van der Waals surface area contributed by atoms with Gasteiger partial charge in [0.25, 0.3) is 11.7 Å². The van der Waals surface area contributed by atoms with E-state index < -0.39 is 17.7 Å². The average molecular weight is 470 g/mol. The highest BCUT2D eigenvalue weighted by atomic mass is 35.5. The molecule has 3 rings (SSSR count). The highest BCUT2D eigenvalue weighted by Crippen LogP contribution is 2.43. The van der Waals surface area contributed by atoms with Gasteiger partial charge in [-0.1, -0.05) is 69.5 Å². The average Bonchev–Trinajstić information content (AvgIpc) is 3.03. The summed E-state index contributed by atoms with van der Waals surface area (Å²) in [5.41, 5.74) is 3.12. The number of methoxy groups -OCH3 is 1. The zero-order valence-electron chi connectivity index (χ0n) is 19.9. The van der Waals surface area contributed by atoms with Crippen LogP contribution in [0.3, 0.4) is 0 Å². The summed E-state index contributed by atoms with van der Waals surface area (Å²) in [6.45, 7) is 8.59. The summed E-state index contributed by atoms with van der Waals surface area (Å²) in [5, 5.41) is 11.7. The predicted molar refractivity (Wildman–Crippen MR) is 132 cm³/mol. The number of aliphatic hydroxyl groups is 1. The van der Waals surface area contributed by atoms with E-state index in [0.29, 0.717) is 23.0 Å². The first-order valence-corrected chi connectivity index (χ1v) is 11.8. The van der Waals surface area contributed by atoms with Crippen molar-refractivity contribution in [3.63, 3.8) is 0 Å². The molecule has 0 saturated carbocycles. The van der Waals surface area contributed by atoms with Crippen molar-refractivity contribution in [3.05, 3.63) is 69.2 Å². The van der Waals surface area contributed by atoms with Crippen LogP contribution in [0, 0.1) is 6.92 Å². The maximum absolute atomic E-state index is 13.2. The normalized spacial score (nSPS) is 17.8. The van der Waals surface area contributed by atoms with E-state index in [0.717, 1.165) is 36.0 Å². The lowest BCUT2D eigenvalue weighted by Crippen LogP contribution is -2.30. The molecule has 1 N–H and O–H groups in total. The molecule has 1 heterocycles. The minimum Gasteiger partial charge on any atom is -0.507 e. The second-order valence-corrected chi connectivity index (χ2v) is 9.26. The molecule has 2 aromatic carbocycles. The van der Waals surface area contributed by atoms with Gasteiger partial charge in [-0.25, -0.2) is 0 Å². The number of likely N-dealkylation sites (tertiary alicyclic amines) is 1. The molecular formula is C27H32ClNO4. The fourth-order valence-electron chi connectivity index (χ4n) is 4.31. The van der Waals surface area contributed by atoms with Gasteiger partial charge in [-0.05, 0) is 48.1 Å². The molecule has 0 spiro atoms. The van der Waals surface area contributed by atoms with Crippen molar-refractivity contribution in [2.75, 3.05) is 13.7 Å². The van der Waals surface area contributed by atoms with Crippen molar-refractivity contribution in [1.29, 1.82) is 0 Å². The van der Waals surface area contributed by atoms with Crippen LogP contribution in [0.15, 0.2) is 42.0 Å². The molecule has 2 aromatic rings. The van der Waals surface area contributed by atoms with Crippen LogP contribution in [0.4, 0.5) is 0 Å². The Kier molecular flexibility index (Phi) is 7.85. The number of ketones is 1. The third-order valence-corrected chi connectivity index (χ3v) is 6.39. The Hall–Kier alpha value is -2.79. The summed E-state index contributed by atoms with van der Waals surface area (Å²) in [5.74, 6) is -0.934. The van der Waals surface area contributed by atoms with Gasteiger partial charge in [0, 0.05) is 6.54 Å². The minimum atomic E-state index is -0.693. The fourth-order valence-corrected chi connectivity index (χ4v) is 4.66. The van der Waals surface area contributed by atoms with E-state index in [2.05, 4.69) is 20.8 Å². The second kappa shape index (κ2) is 10.4. The number of aryl methyl sites for hydroxylation is 1. The molecule has 1 amide bonds.